The van der Waals surface area contributed by atoms with Crippen molar-refractivity contribution in [2.24, 2.45) is 0 Å². The highest BCUT2D eigenvalue weighted by molar-refractivity contribution is 6.21. The molecule has 7 aromatic carbocycles. The first-order valence-electron chi connectivity index (χ1n) is 44.8. The molecule has 680 valence electrons. The summed E-state index contributed by atoms with van der Waals surface area (Å²) in [7, 11) is 0. The summed E-state index contributed by atoms with van der Waals surface area (Å²) in [4.78, 5) is 87.8. The Morgan fingerprint density at radius 2 is 0.897 bits per heavy atom. The third-order valence-corrected chi connectivity index (χ3v) is 22.6. The van der Waals surface area contributed by atoms with E-state index in [2.05, 4.69) is 6.92 Å². The van der Waals surface area contributed by atoms with Crippen LogP contribution in [0.25, 0.3) is 0 Å². The number of unbranched alkanes of at least 4 members (excludes halogenated alkanes) is 13. The SMILES string of the molecule is CCCCCCCCCCCCCCCCOC[C@H](CN(CCO[C@@H]1O[C@H](CO[C@H]2O[C@@H]3CO[C@@H](c4ccccc4)O[C@H]3[C@H](OCc3ccccc3)[C@@H]2O[C@@H]2O[C@H](COC(C)=O)[C@@H](OC(C)=O)[C@H](OC(C)=O)[C@H]2N2C(=O)c3ccccc3C2=O)[C@@H](OCc2ccccc2)[C@H](OCc2ccccc2)[C@H]1OCc1ccccc1)C(=O)OC(C)(C)C)OCc1ccccc1. The maximum atomic E-state index is 15.2. The second-order valence-electron chi connectivity index (χ2n) is 33.6. The number of rotatable bonds is 49. The van der Waals surface area contributed by atoms with Crippen molar-refractivity contribution in [3.8, 4) is 0 Å². The number of carbonyl (C=O) groups is 6. The minimum atomic E-state index is -1.92. The molecule has 0 aromatic heterocycles. The second-order valence-corrected chi connectivity index (χ2v) is 33.6. The van der Waals surface area contributed by atoms with E-state index < -0.39 is 159 Å². The lowest BCUT2D eigenvalue weighted by molar-refractivity contribution is -0.398. The van der Waals surface area contributed by atoms with E-state index in [4.69, 9.17) is 85.3 Å². The molecule has 0 saturated carbocycles. The Morgan fingerprint density at radius 3 is 1.41 bits per heavy atom. The van der Waals surface area contributed by atoms with Gasteiger partial charge in [-0.2, -0.15) is 0 Å². The Hall–Kier alpha value is -9.20. The third kappa shape index (κ3) is 28.9. The first-order chi connectivity index (χ1) is 61.3. The molecule has 26 nitrogen and oxygen atoms in total. The predicted octanol–water partition coefficient (Wildman–Crippen LogP) is 16.4. The van der Waals surface area contributed by atoms with Crippen LogP contribution in [0.5, 0.6) is 0 Å². The molecular formula is C100H126N2O24. The topological polar surface area (TPSA) is 275 Å². The average Bonchev–Trinajstić information content (AvgIpc) is 1.55. The molecule has 12 rings (SSSR count). The molecule has 26 heteroatoms. The number of nitrogens with zero attached hydrogens (tertiary/aromatic N) is 2. The monoisotopic (exact) mass is 1740 g/mol. The number of fused-ring (bicyclic) bond motifs is 2. The summed E-state index contributed by atoms with van der Waals surface area (Å²) in [6, 6.07) is 61.7. The van der Waals surface area contributed by atoms with E-state index in [1.54, 1.807) is 17.0 Å². The van der Waals surface area contributed by atoms with Crippen LogP contribution in [0, 0.1) is 0 Å². The van der Waals surface area contributed by atoms with E-state index in [0.29, 0.717) is 12.2 Å². The summed E-state index contributed by atoms with van der Waals surface area (Å²) in [5, 5.41) is 0. The van der Waals surface area contributed by atoms with Crippen LogP contribution >= 0.6 is 0 Å². The molecule has 0 spiro atoms. The number of carbonyl (C=O) groups excluding carboxylic acids is 6. The van der Waals surface area contributed by atoms with E-state index in [0.717, 1.165) is 65.8 Å². The van der Waals surface area contributed by atoms with Gasteiger partial charge in [0.15, 0.2) is 37.4 Å². The van der Waals surface area contributed by atoms with Crippen LogP contribution in [0.15, 0.2) is 206 Å². The summed E-state index contributed by atoms with van der Waals surface area (Å²) in [5.41, 5.74) is 3.91. The smallest absolute Gasteiger partial charge is 0.410 e. The van der Waals surface area contributed by atoms with Crippen LogP contribution in [0.1, 0.15) is 199 Å². The standard InChI is InChI=1S/C100H126N2O24/c1-8-9-10-11-12-13-14-15-16-17-18-19-20-41-57-109-65-78(112-60-72-42-27-21-28-43-72)59-101(99(108)126-100(5,6)7)56-58-110-97-91(116-64-76-50-35-25-36-51-76)89(114-62-74-46-31-23-32-47-74)85(113-61-73-44-29-22-30-45-73)81(122-97)67-118-98-92(90(115-63-75-48-33-24-34-49-75)87-83(123-98)68-117-95(124-87)77-52-37-26-38-53-77)125-96-84(102-93(106)79-54-39-40-55-80(79)94(102)107)88(120-71(4)105)86(119-70(3)104)82(121-96)66-111-69(2)103/h21-40,42-55,78,81-92,95-98H,8-20,41,56-68H2,1-7H3/t78-,81+,82+,83+,84+,85+,86+,87+,88+,89-,90-,91+,92-,95+,96-,97+,98-/m0/s1. The van der Waals surface area contributed by atoms with Gasteiger partial charge >= 0.3 is 24.0 Å². The summed E-state index contributed by atoms with van der Waals surface area (Å²) >= 11 is 0. The van der Waals surface area contributed by atoms with Crippen molar-refractivity contribution in [3.05, 3.63) is 251 Å². The van der Waals surface area contributed by atoms with Gasteiger partial charge in [-0.1, -0.05) is 285 Å². The molecule has 7 aromatic rings. The zero-order chi connectivity index (χ0) is 88.4. The van der Waals surface area contributed by atoms with Gasteiger partial charge < -0.3 is 90.2 Å². The van der Waals surface area contributed by atoms with E-state index in [1.165, 1.54) is 89.7 Å². The van der Waals surface area contributed by atoms with Crippen LogP contribution in [-0.4, -0.2) is 202 Å². The van der Waals surface area contributed by atoms with Crippen LogP contribution in [-0.2, 0) is 133 Å². The molecule has 0 N–H and O–H groups in total. The van der Waals surface area contributed by atoms with Crippen LogP contribution in [0.4, 0.5) is 4.79 Å². The lowest BCUT2D eigenvalue weighted by Gasteiger charge is -2.52. The Bertz CT molecular complexity index is 4370. The van der Waals surface area contributed by atoms with Crippen molar-refractivity contribution in [2.45, 2.75) is 281 Å². The predicted molar refractivity (Wildman–Crippen MR) is 465 cm³/mol. The largest absolute Gasteiger partial charge is 0.463 e. The highest BCUT2D eigenvalue weighted by Crippen LogP contribution is 2.43. The van der Waals surface area contributed by atoms with Crippen LogP contribution in [0.2, 0.25) is 0 Å². The summed E-state index contributed by atoms with van der Waals surface area (Å²) in [6.45, 7) is 10.8. The molecule has 4 fully saturated rings. The zero-order valence-corrected chi connectivity index (χ0v) is 73.7. The van der Waals surface area contributed by atoms with Gasteiger partial charge in [0, 0.05) is 39.5 Å². The summed E-state index contributed by atoms with van der Waals surface area (Å²) < 4.78 is 123. The zero-order valence-electron chi connectivity index (χ0n) is 73.7. The van der Waals surface area contributed by atoms with Gasteiger partial charge in [-0.3, -0.25) is 28.9 Å². The van der Waals surface area contributed by atoms with Crippen molar-refractivity contribution in [3.63, 3.8) is 0 Å². The Labute approximate surface area is 740 Å². The lowest BCUT2D eigenvalue weighted by Crippen LogP contribution is -2.70. The first-order valence-corrected chi connectivity index (χ1v) is 44.8. The van der Waals surface area contributed by atoms with Gasteiger partial charge in [0.05, 0.1) is 83.2 Å². The second kappa shape index (κ2) is 49.9. The highest BCUT2D eigenvalue weighted by Gasteiger charge is 2.61. The Balaban J connectivity index is 0.899. The molecule has 17 atom stereocenters. The van der Waals surface area contributed by atoms with Crippen molar-refractivity contribution in [1.29, 1.82) is 0 Å². The first kappa shape index (κ1) is 95.9. The van der Waals surface area contributed by atoms with E-state index in [1.807, 2.05) is 203 Å². The third-order valence-electron chi connectivity index (χ3n) is 22.6. The fraction of sp³-hybridized carbons (Fsp3) is 0.520. The molecule has 3 amide bonds. The molecule has 126 heavy (non-hydrogen) atoms. The normalized spacial score (nSPS) is 24.4. The maximum Gasteiger partial charge on any atom is 0.410 e. The van der Waals surface area contributed by atoms with Crippen molar-refractivity contribution >= 4 is 35.8 Å². The maximum absolute atomic E-state index is 15.2. The highest BCUT2D eigenvalue weighted by atomic mass is 16.8. The van der Waals surface area contributed by atoms with Crippen molar-refractivity contribution < 1.29 is 114 Å². The Kier molecular flexibility index (Phi) is 38.0. The van der Waals surface area contributed by atoms with Crippen molar-refractivity contribution in [2.75, 3.05) is 52.7 Å². The molecule has 0 unspecified atom stereocenters. The molecule has 4 saturated heterocycles. The molecule has 0 radical (unpaired) electrons. The number of hydrogen-bond donors (Lipinski definition) is 0. The number of benzene rings is 7. The van der Waals surface area contributed by atoms with Gasteiger partial charge in [0.1, 0.15) is 73.2 Å². The fourth-order valence-corrected chi connectivity index (χ4v) is 16.3. The van der Waals surface area contributed by atoms with Gasteiger partial charge in [0.25, 0.3) is 11.8 Å². The number of imide groups is 1. The minimum absolute atomic E-state index is 0.00673. The van der Waals surface area contributed by atoms with Crippen molar-refractivity contribution in [1.82, 2.24) is 9.80 Å². The summed E-state index contributed by atoms with van der Waals surface area (Å²) in [6.07, 6.45) is -4.18. The fourth-order valence-electron chi connectivity index (χ4n) is 16.3. The molecule has 5 heterocycles. The van der Waals surface area contributed by atoms with Crippen LogP contribution < -0.4 is 0 Å². The molecule has 5 aliphatic rings. The number of hydrogen-bond acceptors (Lipinski definition) is 24. The minimum Gasteiger partial charge on any atom is -0.463 e. The van der Waals surface area contributed by atoms with E-state index in [-0.39, 0.29) is 77.1 Å². The van der Waals surface area contributed by atoms with Gasteiger partial charge in [0.2, 0.25) is 0 Å². The number of amides is 3. The quantitative estimate of drug-likeness (QED) is 0.0148. The van der Waals surface area contributed by atoms with Gasteiger partial charge in [-0.05, 0) is 67.1 Å². The van der Waals surface area contributed by atoms with E-state index in [9.17, 15) is 19.2 Å². The van der Waals surface area contributed by atoms with Gasteiger partial charge in [-0.25, -0.2) is 4.79 Å². The molecular weight excluding hydrogens is 1610 g/mol. The summed E-state index contributed by atoms with van der Waals surface area (Å²) in [5.74, 6) is -4.20. The van der Waals surface area contributed by atoms with E-state index >= 15 is 9.59 Å². The number of esters is 3. The molecule has 5 aliphatic heterocycles. The Morgan fingerprint density at radius 1 is 0.444 bits per heavy atom. The molecule has 0 bridgehead atoms. The molecule has 0 aliphatic carbocycles. The van der Waals surface area contributed by atoms with Crippen LogP contribution in [0.3, 0.4) is 0 Å². The van der Waals surface area contributed by atoms with Gasteiger partial charge in [-0.15, -0.1) is 0 Å². The lowest BCUT2D eigenvalue weighted by atomic mass is 9.93. The average molecular weight is 1740 g/mol. The number of ether oxygens (including phenoxy) is 18.